The molecule has 4 N–H and O–H groups in total. The maximum absolute atomic E-state index is 12.6. The lowest BCUT2D eigenvalue weighted by Gasteiger charge is -2.57. The quantitative estimate of drug-likeness (QED) is 0.579. The lowest BCUT2D eigenvalue weighted by atomic mass is 9.72. The van der Waals surface area contributed by atoms with Crippen molar-refractivity contribution >= 4 is 36.6 Å². The Labute approximate surface area is 195 Å². The fraction of sp³-hybridized carbons (Fsp3) is 0.667. The first-order valence-corrected chi connectivity index (χ1v) is 10.7. The van der Waals surface area contributed by atoms with E-state index in [-0.39, 0.29) is 49.3 Å². The summed E-state index contributed by atoms with van der Waals surface area (Å²) in [6, 6.07) is 3.33. The normalized spacial score (nSPS) is 28.4. The van der Waals surface area contributed by atoms with Gasteiger partial charge in [-0.3, -0.25) is 19.5 Å². The number of fused-ring (bicyclic) bond motifs is 4. The number of carbonyl (C=O) groups excluding carboxylic acids is 2. The molecular formula is C21H33Cl2N5O3. The third kappa shape index (κ3) is 5.49. The fourth-order valence-electron chi connectivity index (χ4n) is 5.48. The van der Waals surface area contributed by atoms with Crippen molar-refractivity contribution in [3.63, 3.8) is 0 Å². The smallest absolute Gasteiger partial charge is 0.252 e. The van der Waals surface area contributed by atoms with Crippen LogP contribution in [0, 0.1) is 11.8 Å². The molecule has 1 aromatic heterocycles. The van der Waals surface area contributed by atoms with Crippen LogP contribution in [-0.4, -0.2) is 82.6 Å². The summed E-state index contributed by atoms with van der Waals surface area (Å²) >= 11 is 0. The molecule has 0 aromatic carbocycles. The van der Waals surface area contributed by atoms with Crippen molar-refractivity contribution < 1.29 is 14.7 Å². The summed E-state index contributed by atoms with van der Waals surface area (Å²) in [5.41, 5.74) is 6.37. The maximum atomic E-state index is 12.6. The molecule has 1 aromatic rings. The summed E-state index contributed by atoms with van der Waals surface area (Å²) in [6.07, 6.45) is 7.84. The summed E-state index contributed by atoms with van der Waals surface area (Å²) in [5.74, 6) is 0.464. The zero-order valence-electron chi connectivity index (χ0n) is 17.6. The Bertz CT molecular complexity index is 741. The summed E-state index contributed by atoms with van der Waals surface area (Å²) in [5, 5.41) is 12.4. The number of pyridine rings is 1. The second-order valence-corrected chi connectivity index (χ2v) is 8.61. The van der Waals surface area contributed by atoms with Gasteiger partial charge in [-0.25, -0.2) is 0 Å². The van der Waals surface area contributed by atoms with E-state index < -0.39 is 6.04 Å². The molecule has 8 nitrogen and oxygen atoms in total. The Hall–Kier alpha value is -1.45. The van der Waals surface area contributed by atoms with E-state index in [4.69, 9.17) is 5.73 Å². The van der Waals surface area contributed by atoms with E-state index in [1.807, 2.05) is 4.90 Å². The van der Waals surface area contributed by atoms with Crippen molar-refractivity contribution in [2.45, 2.75) is 43.8 Å². The van der Waals surface area contributed by atoms with E-state index in [0.29, 0.717) is 36.5 Å². The fourth-order valence-corrected chi connectivity index (χ4v) is 5.48. The lowest BCUT2D eigenvalue weighted by molar-refractivity contribution is -0.142. The number of halogens is 2. The van der Waals surface area contributed by atoms with Gasteiger partial charge in [-0.2, -0.15) is 0 Å². The van der Waals surface area contributed by atoms with Crippen LogP contribution >= 0.6 is 24.8 Å². The number of nitrogens with two attached hydrogens (primary N) is 1. The predicted octanol–water partition coefficient (Wildman–Crippen LogP) is 0.676. The molecule has 3 fully saturated rings. The Morgan fingerprint density at radius 3 is 2.74 bits per heavy atom. The van der Waals surface area contributed by atoms with Gasteiger partial charge >= 0.3 is 0 Å². The Kier molecular flexibility index (Phi) is 9.51. The highest BCUT2D eigenvalue weighted by Gasteiger charge is 2.48. The van der Waals surface area contributed by atoms with E-state index in [1.54, 1.807) is 24.5 Å². The van der Waals surface area contributed by atoms with Crippen molar-refractivity contribution in [1.82, 2.24) is 20.1 Å². The van der Waals surface area contributed by atoms with Crippen molar-refractivity contribution in [3.8, 4) is 0 Å². The first-order chi connectivity index (χ1) is 14.1. The molecule has 0 aliphatic carbocycles. The summed E-state index contributed by atoms with van der Waals surface area (Å²) in [7, 11) is 0. The zero-order valence-corrected chi connectivity index (χ0v) is 19.2. The van der Waals surface area contributed by atoms with Crippen molar-refractivity contribution in [3.05, 3.63) is 30.1 Å². The van der Waals surface area contributed by atoms with Gasteiger partial charge in [-0.15, -0.1) is 24.8 Å². The summed E-state index contributed by atoms with van der Waals surface area (Å²) < 4.78 is 0. The van der Waals surface area contributed by atoms with Crippen LogP contribution in [0.1, 0.15) is 36.0 Å². The van der Waals surface area contributed by atoms with E-state index >= 15 is 0 Å². The average molecular weight is 474 g/mol. The summed E-state index contributed by atoms with van der Waals surface area (Å²) in [6.45, 7) is 2.65. The van der Waals surface area contributed by atoms with Gasteiger partial charge in [0.05, 0.1) is 12.2 Å². The van der Waals surface area contributed by atoms with Crippen LogP contribution in [0.4, 0.5) is 0 Å². The van der Waals surface area contributed by atoms with Crippen LogP contribution < -0.4 is 11.1 Å². The zero-order chi connectivity index (χ0) is 20.4. The highest BCUT2D eigenvalue weighted by atomic mass is 35.5. The molecular weight excluding hydrogens is 441 g/mol. The molecule has 5 atom stereocenters. The number of aliphatic hydroxyl groups excluding tert-OH is 1. The molecule has 3 aliphatic heterocycles. The number of amides is 2. The Morgan fingerprint density at radius 1 is 1.26 bits per heavy atom. The first kappa shape index (κ1) is 25.8. The molecule has 10 heteroatoms. The van der Waals surface area contributed by atoms with Gasteiger partial charge in [0.1, 0.15) is 6.04 Å². The molecule has 174 valence electrons. The van der Waals surface area contributed by atoms with Crippen LogP contribution in [0.25, 0.3) is 0 Å². The molecule has 4 heterocycles. The van der Waals surface area contributed by atoms with Gasteiger partial charge in [-0.1, -0.05) is 6.42 Å². The Balaban J connectivity index is 0.00000171. The third-order valence-electron chi connectivity index (χ3n) is 6.84. The maximum Gasteiger partial charge on any atom is 0.252 e. The van der Waals surface area contributed by atoms with Crippen molar-refractivity contribution in [2.24, 2.45) is 17.6 Å². The summed E-state index contributed by atoms with van der Waals surface area (Å²) in [4.78, 5) is 33.6. The molecule has 3 aliphatic rings. The van der Waals surface area contributed by atoms with Gasteiger partial charge in [0.25, 0.3) is 5.91 Å². The largest absolute Gasteiger partial charge is 0.394 e. The first-order valence-electron chi connectivity index (χ1n) is 10.7. The number of hydrogen-bond donors (Lipinski definition) is 3. The third-order valence-corrected chi connectivity index (χ3v) is 6.84. The van der Waals surface area contributed by atoms with Crippen molar-refractivity contribution in [1.29, 1.82) is 0 Å². The number of rotatable bonds is 5. The standard InChI is InChI=1S/C21H31N5O3.2ClH/c22-17(13-27)21(29)25-11-15-8-16(12-25)19(26-7-2-1-5-18(15)26)10-24-20(28)14-4-3-6-23-9-14;;/h3-4,6,9,15-19,27H,1-2,5,7-8,10-13,22H2,(H,24,28);2*1H/t15-,16+,17+,18+,19+;;/m1../s1. The molecule has 0 spiro atoms. The van der Waals surface area contributed by atoms with Gasteiger partial charge in [0, 0.05) is 44.1 Å². The number of aliphatic hydroxyl groups is 1. The predicted molar refractivity (Wildman–Crippen MR) is 122 cm³/mol. The average Bonchev–Trinajstić information content (AvgIpc) is 2.78. The molecule has 3 saturated heterocycles. The minimum Gasteiger partial charge on any atom is -0.394 e. The number of aromatic nitrogens is 1. The number of piperidine rings is 3. The van der Waals surface area contributed by atoms with E-state index in [0.717, 1.165) is 25.9 Å². The van der Waals surface area contributed by atoms with Crippen LogP contribution in [0.5, 0.6) is 0 Å². The number of hydrogen-bond acceptors (Lipinski definition) is 6. The lowest BCUT2D eigenvalue weighted by Crippen LogP contribution is -2.67. The van der Waals surface area contributed by atoms with Crippen LogP contribution in [0.2, 0.25) is 0 Å². The van der Waals surface area contributed by atoms with E-state index in [2.05, 4.69) is 15.2 Å². The van der Waals surface area contributed by atoms with Crippen LogP contribution in [0.3, 0.4) is 0 Å². The molecule has 2 amide bonds. The van der Waals surface area contributed by atoms with E-state index in [9.17, 15) is 14.7 Å². The molecule has 0 saturated carbocycles. The molecule has 2 bridgehead atoms. The minimum atomic E-state index is -0.847. The minimum absolute atomic E-state index is 0. The SMILES string of the molecule is Cl.Cl.N[C@@H](CO)C(=O)N1C[C@H]2C[C@@H](C1)[C@H](CNC(=O)c1cccnc1)N1CCCC[C@@H]21. The second kappa shape index (κ2) is 11.4. The molecule has 0 radical (unpaired) electrons. The number of carbonyl (C=O) groups is 2. The number of nitrogens with one attached hydrogen (secondary N) is 1. The number of likely N-dealkylation sites (tertiary alicyclic amines) is 1. The van der Waals surface area contributed by atoms with Crippen LogP contribution in [-0.2, 0) is 4.79 Å². The Morgan fingerprint density at radius 2 is 2.03 bits per heavy atom. The van der Waals surface area contributed by atoms with Crippen LogP contribution in [0.15, 0.2) is 24.5 Å². The van der Waals surface area contributed by atoms with Crippen molar-refractivity contribution in [2.75, 3.05) is 32.8 Å². The van der Waals surface area contributed by atoms with Gasteiger partial charge < -0.3 is 21.1 Å². The monoisotopic (exact) mass is 473 g/mol. The second-order valence-electron chi connectivity index (χ2n) is 8.61. The van der Waals surface area contributed by atoms with Gasteiger partial charge in [-0.05, 0) is 49.8 Å². The van der Waals surface area contributed by atoms with Gasteiger partial charge in [0.2, 0.25) is 5.91 Å². The van der Waals surface area contributed by atoms with E-state index in [1.165, 1.54) is 12.8 Å². The highest BCUT2D eigenvalue weighted by molar-refractivity contribution is 5.93. The molecule has 4 rings (SSSR count). The number of nitrogens with zero attached hydrogens (tertiary/aromatic N) is 3. The van der Waals surface area contributed by atoms with Gasteiger partial charge in [0.15, 0.2) is 0 Å². The molecule has 31 heavy (non-hydrogen) atoms. The molecule has 0 unspecified atom stereocenters. The highest BCUT2D eigenvalue weighted by Crippen LogP contribution is 2.41. The topological polar surface area (TPSA) is 112 Å².